The van der Waals surface area contributed by atoms with Crippen LogP contribution in [0.25, 0.3) is 16.6 Å². The molecule has 0 spiro atoms. The second-order valence-corrected chi connectivity index (χ2v) is 9.92. The molecule has 2 atom stereocenters. The van der Waals surface area contributed by atoms with Gasteiger partial charge < -0.3 is 5.32 Å². The minimum absolute atomic E-state index is 0.0272. The van der Waals surface area contributed by atoms with Gasteiger partial charge in [-0.15, -0.1) is 0 Å². The minimum atomic E-state index is -0.0772. The first-order valence-corrected chi connectivity index (χ1v) is 12.2. The molecule has 0 saturated heterocycles. The topological polar surface area (TPSA) is 90.0 Å². The Kier molecular flexibility index (Phi) is 4.63. The first-order chi connectivity index (χ1) is 17.1. The van der Waals surface area contributed by atoms with Gasteiger partial charge in [-0.05, 0) is 61.1 Å². The number of rotatable bonds is 6. The maximum Gasteiger partial charge on any atom is 0.229 e. The van der Waals surface area contributed by atoms with Crippen LogP contribution in [0.4, 0.5) is 5.82 Å². The number of pyridine rings is 1. The van der Waals surface area contributed by atoms with E-state index in [-0.39, 0.29) is 17.7 Å². The van der Waals surface area contributed by atoms with Crippen LogP contribution >= 0.6 is 11.6 Å². The van der Waals surface area contributed by atoms with E-state index in [1.54, 1.807) is 6.20 Å². The molecule has 2 fully saturated rings. The summed E-state index contributed by atoms with van der Waals surface area (Å²) in [6, 6.07) is 13.7. The molecular formula is C26H22ClN7O. The van der Waals surface area contributed by atoms with Crippen molar-refractivity contribution in [1.29, 1.82) is 0 Å². The van der Waals surface area contributed by atoms with Crippen molar-refractivity contribution in [2.75, 3.05) is 5.32 Å². The van der Waals surface area contributed by atoms with Gasteiger partial charge in [0.15, 0.2) is 5.65 Å². The van der Waals surface area contributed by atoms with E-state index in [1.807, 2.05) is 58.0 Å². The van der Waals surface area contributed by atoms with Gasteiger partial charge >= 0.3 is 0 Å². The van der Waals surface area contributed by atoms with Crippen molar-refractivity contribution in [3.8, 4) is 0 Å². The molecule has 1 N–H and O–H groups in total. The molecule has 8 nitrogen and oxygen atoms in total. The average molecular weight is 484 g/mol. The summed E-state index contributed by atoms with van der Waals surface area (Å²) in [6.45, 7) is 0.504. The highest BCUT2D eigenvalue weighted by atomic mass is 35.5. The fourth-order valence-corrected chi connectivity index (χ4v) is 4.96. The summed E-state index contributed by atoms with van der Waals surface area (Å²) in [5.74, 6) is 1.22. The predicted molar refractivity (Wildman–Crippen MR) is 133 cm³/mol. The molecule has 1 aromatic carbocycles. The van der Waals surface area contributed by atoms with Gasteiger partial charge in [-0.2, -0.15) is 10.2 Å². The number of hydrogen-bond donors (Lipinski definition) is 1. The third-order valence-electron chi connectivity index (χ3n) is 6.84. The summed E-state index contributed by atoms with van der Waals surface area (Å²) in [6.07, 6.45) is 8.78. The zero-order chi connectivity index (χ0) is 23.5. The molecule has 4 aromatic heterocycles. The summed E-state index contributed by atoms with van der Waals surface area (Å²) in [5.41, 5.74) is 4.71. The van der Waals surface area contributed by atoms with E-state index in [1.165, 1.54) is 12.8 Å². The smallest absolute Gasteiger partial charge is 0.229 e. The Labute approximate surface area is 206 Å². The van der Waals surface area contributed by atoms with Crippen molar-refractivity contribution in [1.82, 2.24) is 29.4 Å². The van der Waals surface area contributed by atoms with E-state index in [2.05, 4.69) is 26.4 Å². The Morgan fingerprint density at radius 1 is 1.11 bits per heavy atom. The first kappa shape index (κ1) is 20.6. The third-order valence-corrected chi connectivity index (χ3v) is 7.07. The lowest BCUT2D eigenvalue weighted by molar-refractivity contribution is -0.117. The van der Waals surface area contributed by atoms with E-state index < -0.39 is 0 Å². The molecular weight excluding hydrogens is 462 g/mol. The number of hydrogen-bond acceptors (Lipinski definition) is 5. The lowest BCUT2D eigenvalue weighted by atomic mass is 10.1. The second kappa shape index (κ2) is 7.88. The van der Waals surface area contributed by atoms with Crippen molar-refractivity contribution in [2.45, 2.75) is 37.6 Å². The molecule has 2 aliphatic carbocycles. The largest absolute Gasteiger partial charge is 0.310 e. The fourth-order valence-electron chi connectivity index (χ4n) is 4.76. The number of nitrogens with one attached hydrogen (secondary N) is 1. The molecule has 174 valence electrons. The number of carbonyl (C=O) groups is 1. The Hall–Kier alpha value is -3.78. The fraction of sp³-hybridized carbons (Fsp3) is 0.269. The first-order valence-electron chi connectivity index (χ1n) is 11.8. The molecule has 1 amide bonds. The molecule has 2 saturated carbocycles. The Morgan fingerprint density at radius 3 is 2.89 bits per heavy atom. The number of halogens is 1. The van der Waals surface area contributed by atoms with Crippen LogP contribution in [0.3, 0.4) is 0 Å². The van der Waals surface area contributed by atoms with Gasteiger partial charge in [-0.1, -0.05) is 23.7 Å². The van der Waals surface area contributed by atoms with Crippen LogP contribution in [0.5, 0.6) is 0 Å². The van der Waals surface area contributed by atoms with Gasteiger partial charge in [-0.3, -0.25) is 9.48 Å². The zero-order valence-electron chi connectivity index (χ0n) is 18.8. The summed E-state index contributed by atoms with van der Waals surface area (Å²) in [7, 11) is 0. The lowest BCUT2D eigenvalue weighted by Gasteiger charge is -2.05. The van der Waals surface area contributed by atoms with Gasteiger partial charge in [-0.25, -0.2) is 14.5 Å². The maximum atomic E-state index is 12.9. The van der Waals surface area contributed by atoms with Crippen LogP contribution in [0.2, 0.25) is 5.02 Å². The molecule has 0 aliphatic heterocycles. The number of carbonyl (C=O) groups excluding carboxylic acids is 1. The van der Waals surface area contributed by atoms with Crippen LogP contribution < -0.4 is 5.32 Å². The average Bonchev–Trinajstić information content (AvgIpc) is 3.76. The van der Waals surface area contributed by atoms with E-state index in [4.69, 9.17) is 16.7 Å². The number of fused-ring (bicyclic) bond motifs is 2. The zero-order valence-corrected chi connectivity index (χ0v) is 19.6. The van der Waals surface area contributed by atoms with E-state index in [0.717, 1.165) is 39.9 Å². The van der Waals surface area contributed by atoms with Gasteiger partial charge in [0.2, 0.25) is 5.91 Å². The molecule has 4 heterocycles. The molecule has 0 radical (unpaired) electrons. The molecule has 2 unspecified atom stereocenters. The van der Waals surface area contributed by atoms with Crippen molar-refractivity contribution in [3.05, 3.63) is 83.0 Å². The number of benzene rings is 1. The Balaban J connectivity index is 1.09. The summed E-state index contributed by atoms with van der Waals surface area (Å²) in [5, 5.41) is 13.9. The van der Waals surface area contributed by atoms with Crippen molar-refractivity contribution in [2.24, 2.45) is 5.92 Å². The van der Waals surface area contributed by atoms with Gasteiger partial charge in [0.25, 0.3) is 0 Å². The lowest BCUT2D eigenvalue weighted by Crippen LogP contribution is -2.15. The normalized spacial score (nSPS) is 19.3. The van der Waals surface area contributed by atoms with Gasteiger partial charge in [0.1, 0.15) is 5.82 Å². The monoisotopic (exact) mass is 483 g/mol. The van der Waals surface area contributed by atoms with Crippen molar-refractivity contribution >= 4 is 39.9 Å². The van der Waals surface area contributed by atoms with Crippen LogP contribution in [0.15, 0.2) is 61.1 Å². The van der Waals surface area contributed by atoms with Crippen LogP contribution in [0, 0.1) is 5.92 Å². The molecule has 7 rings (SSSR count). The summed E-state index contributed by atoms with van der Waals surface area (Å²) in [4.78, 5) is 22.0. The highest BCUT2D eigenvalue weighted by molar-refractivity contribution is 6.30. The minimum Gasteiger partial charge on any atom is -0.310 e. The Morgan fingerprint density at radius 2 is 2.03 bits per heavy atom. The highest BCUT2D eigenvalue weighted by Crippen LogP contribution is 2.48. The number of amides is 1. The molecule has 9 heteroatoms. The van der Waals surface area contributed by atoms with Crippen LogP contribution in [0.1, 0.15) is 48.0 Å². The van der Waals surface area contributed by atoms with Gasteiger partial charge in [0.05, 0.1) is 35.0 Å². The molecule has 5 aromatic rings. The quantitative estimate of drug-likeness (QED) is 0.375. The van der Waals surface area contributed by atoms with Crippen molar-refractivity contribution < 1.29 is 4.79 Å². The Bertz CT molecular complexity index is 1600. The standard InChI is InChI=1S/C26H22ClN7O/c27-17-3-1-2-16(10-17)19-11-20(19)26(35)30-25-21-14-33(31-23(21)8-9-28-25)12-18-13-34-24(29-18)7-6-22(32-34)15-4-5-15/h1-3,6-10,13-15,19-20H,4-5,11-12H2,(H,28,30,35). The van der Waals surface area contributed by atoms with E-state index in [9.17, 15) is 4.79 Å². The molecule has 35 heavy (non-hydrogen) atoms. The van der Waals surface area contributed by atoms with Gasteiger partial charge in [0, 0.05) is 29.3 Å². The maximum absolute atomic E-state index is 12.9. The number of nitrogens with zero attached hydrogens (tertiary/aromatic N) is 6. The number of aromatic nitrogens is 6. The second-order valence-electron chi connectivity index (χ2n) is 9.48. The summed E-state index contributed by atoms with van der Waals surface area (Å²) < 4.78 is 3.68. The number of imidazole rings is 1. The van der Waals surface area contributed by atoms with E-state index in [0.29, 0.717) is 23.3 Å². The predicted octanol–water partition coefficient (Wildman–Crippen LogP) is 4.80. The van der Waals surface area contributed by atoms with Crippen molar-refractivity contribution in [3.63, 3.8) is 0 Å². The van der Waals surface area contributed by atoms with Crippen LogP contribution in [-0.2, 0) is 11.3 Å². The van der Waals surface area contributed by atoms with Crippen LogP contribution in [-0.4, -0.2) is 35.3 Å². The molecule has 0 bridgehead atoms. The van der Waals surface area contributed by atoms with E-state index >= 15 is 0 Å². The number of anilines is 1. The SMILES string of the molecule is O=C(Nc1nccc2nn(Cc3cn4nc(C5CC5)ccc4n3)cc12)C1CC1c1cccc(Cl)c1. The highest BCUT2D eigenvalue weighted by Gasteiger charge is 2.44. The summed E-state index contributed by atoms with van der Waals surface area (Å²) >= 11 is 6.12. The molecule has 2 aliphatic rings. The third kappa shape index (κ3) is 3.93.